The van der Waals surface area contributed by atoms with E-state index in [2.05, 4.69) is 32.6 Å². The van der Waals surface area contributed by atoms with E-state index in [9.17, 15) is 26.7 Å². The van der Waals surface area contributed by atoms with Gasteiger partial charge in [0.15, 0.2) is 23.3 Å². The lowest BCUT2D eigenvalue weighted by molar-refractivity contribution is 0.103. The Morgan fingerprint density at radius 3 is 1.97 bits per heavy atom. The third-order valence-corrected chi connectivity index (χ3v) is 5.56. The second-order valence-corrected chi connectivity index (χ2v) is 7.95. The lowest BCUT2D eigenvalue weighted by Crippen LogP contribution is -2.15. The van der Waals surface area contributed by atoms with Crippen LogP contribution in [0.15, 0.2) is 54.7 Å². The number of halogens is 6. The first-order chi connectivity index (χ1) is 14.8. The molecule has 0 saturated heterocycles. The Morgan fingerprint density at radius 1 is 0.774 bits per heavy atom. The highest BCUT2D eigenvalue weighted by atomic mass is 127. The third kappa shape index (κ3) is 3.78. The second kappa shape index (κ2) is 8.29. The standard InChI is InChI=1S/C22H12F5IN2O/c23-17-16(18(24)20(26)21(27)19(17)25)15(12-2-1-9-29-12)13-7-8-14(30-13)22(31)10-3-5-11(28)6-4-10/h1-9,15,29-30H. The summed E-state index contributed by atoms with van der Waals surface area (Å²) in [4.78, 5) is 18.3. The fourth-order valence-electron chi connectivity index (χ4n) is 3.35. The number of nitrogens with one attached hydrogen (secondary N) is 2. The van der Waals surface area contributed by atoms with Crippen molar-refractivity contribution in [2.45, 2.75) is 5.92 Å². The molecule has 0 saturated carbocycles. The van der Waals surface area contributed by atoms with Crippen LogP contribution in [-0.4, -0.2) is 15.8 Å². The van der Waals surface area contributed by atoms with E-state index in [0.717, 1.165) is 3.57 Å². The predicted molar refractivity (Wildman–Crippen MR) is 111 cm³/mol. The first-order valence-electron chi connectivity index (χ1n) is 8.93. The molecule has 0 aliphatic heterocycles. The van der Waals surface area contributed by atoms with Crippen LogP contribution in [0.2, 0.25) is 0 Å². The van der Waals surface area contributed by atoms with Crippen molar-refractivity contribution >= 4 is 28.4 Å². The van der Waals surface area contributed by atoms with Crippen molar-refractivity contribution < 1.29 is 26.7 Å². The predicted octanol–water partition coefficient (Wildman–Crippen LogP) is 6.05. The lowest BCUT2D eigenvalue weighted by atomic mass is 9.91. The molecular weight excluding hydrogens is 530 g/mol. The molecule has 2 aromatic carbocycles. The van der Waals surface area contributed by atoms with Gasteiger partial charge in [0.25, 0.3) is 0 Å². The highest BCUT2D eigenvalue weighted by Crippen LogP contribution is 2.36. The SMILES string of the molecule is O=C(c1ccc(I)cc1)c1ccc(C(c2ccc[nH]2)c2c(F)c(F)c(F)c(F)c2F)[nH]1. The number of hydrogen-bond acceptors (Lipinski definition) is 1. The molecule has 9 heteroatoms. The molecule has 0 amide bonds. The van der Waals surface area contributed by atoms with E-state index in [-0.39, 0.29) is 22.9 Å². The van der Waals surface area contributed by atoms with Crippen LogP contribution in [-0.2, 0) is 0 Å². The molecule has 0 spiro atoms. The van der Waals surface area contributed by atoms with E-state index in [4.69, 9.17) is 0 Å². The zero-order valence-corrected chi connectivity index (χ0v) is 17.6. The smallest absolute Gasteiger partial charge is 0.209 e. The average Bonchev–Trinajstić information content (AvgIpc) is 3.46. The van der Waals surface area contributed by atoms with Crippen molar-refractivity contribution in [3.05, 3.63) is 116 Å². The molecule has 1 unspecified atom stereocenters. The summed E-state index contributed by atoms with van der Waals surface area (Å²) in [5.41, 5.74) is -0.273. The molecular formula is C22H12F5IN2O. The Morgan fingerprint density at radius 2 is 1.39 bits per heavy atom. The molecule has 4 rings (SSSR count). The molecule has 0 fully saturated rings. The van der Waals surface area contributed by atoms with Gasteiger partial charge in [0, 0.05) is 32.3 Å². The summed E-state index contributed by atoms with van der Waals surface area (Å²) in [6.07, 6.45) is 1.45. The van der Waals surface area contributed by atoms with Gasteiger partial charge in [0.2, 0.25) is 11.6 Å². The number of H-pyrrole nitrogens is 2. The number of ketones is 1. The number of carbonyl (C=O) groups excluding carboxylic acids is 1. The van der Waals surface area contributed by atoms with Crippen LogP contribution in [0.4, 0.5) is 22.0 Å². The maximum atomic E-state index is 14.6. The largest absolute Gasteiger partial charge is 0.364 e. The van der Waals surface area contributed by atoms with Crippen molar-refractivity contribution in [2.75, 3.05) is 0 Å². The van der Waals surface area contributed by atoms with Gasteiger partial charge >= 0.3 is 0 Å². The maximum Gasteiger partial charge on any atom is 0.209 e. The van der Waals surface area contributed by atoms with Gasteiger partial charge in [0.05, 0.1) is 11.6 Å². The Balaban J connectivity index is 1.84. The number of benzene rings is 2. The van der Waals surface area contributed by atoms with E-state index < -0.39 is 40.6 Å². The molecule has 2 N–H and O–H groups in total. The summed E-state index contributed by atoms with van der Waals surface area (Å²) in [6.45, 7) is 0. The van der Waals surface area contributed by atoms with Crippen LogP contribution in [0.5, 0.6) is 0 Å². The van der Waals surface area contributed by atoms with Crippen molar-refractivity contribution in [1.29, 1.82) is 0 Å². The topological polar surface area (TPSA) is 48.6 Å². The zero-order valence-electron chi connectivity index (χ0n) is 15.4. The molecule has 2 heterocycles. The first kappa shape index (κ1) is 21.3. The van der Waals surface area contributed by atoms with E-state index in [1.54, 1.807) is 24.3 Å². The van der Waals surface area contributed by atoms with Gasteiger partial charge in [-0.25, -0.2) is 22.0 Å². The quantitative estimate of drug-likeness (QED) is 0.104. The average molecular weight is 542 g/mol. The summed E-state index contributed by atoms with van der Waals surface area (Å²) >= 11 is 2.09. The monoisotopic (exact) mass is 542 g/mol. The number of carbonyl (C=O) groups is 1. The fourth-order valence-corrected chi connectivity index (χ4v) is 3.71. The van der Waals surface area contributed by atoms with Gasteiger partial charge in [-0.15, -0.1) is 0 Å². The van der Waals surface area contributed by atoms with Crippen LogP contribution in [0, 0.1) is 32.7 Å². The van der Waals surface area contributed by atoms with Gasteiger partial charge in [0.1, 0.15) is 0 Å². The summed E-state index contributed by atoms with van der Waals surface area (Å²) < 4.78 is 71.4. The van der Waals surface area contributed by atoms with E-state index in [1.807, 2.05) is 0 Å². The zero-order chi connectivity index (χ0) is 22.3. The number of hydrogen-bond donors (Lipinski definition) is 2. The van der Waals surface area contributed by atoms with Crippen LogP contribution >= 0.6 is 22.6 Å². The van der Waals surface area contributed by atoms with Gasteiger partial charge in [-0.3, -0.25) is 4.79 Å². The Hall–Kier alpha value is -2.95. The number of aromatic amines is 2. The Labute approximate surface area is 186 Å². The third-order valence-electron chi connectivity index (χ3n) is 4.84. The van der Waals surface area contributed by atoms with Crippen molar-refractivity contribution in [2.24, 2.45) is 0 Å². The Bertz CT molecular complexity index is 1240. The second-order valence-electron chi connectivity index (χ2n) is 6.71. The summed E-state index contributed by atoms with van der Waals surface area (Å²) in [6, 6.07) is 12.5. The van der Waals surface area contributed by atoms with Crippen molar-refractivity contribution in [3.8, 4) is 0 Å². The molecule has 158 valence electrons. The maximum absolute atomic E-state index is 14.6. The highest BCUT2D eigenvalue weighted by molar-refractivity contribution is 14.1. The van der Waals surface area contributed by atoms with E-state index in [1.165, 1.54) is 30.5 Å². The van der Waals surface area contributed by atoms with Crippen molar-refractivity contribution in [1.82, 2.24) is 9.97 Å². The molecule has 0 aliphatic carbocycles. The molecule has 4 aromatic rings. The van der Waals surface area contributed by atoms with Crippen LogP contribution in [0.1, 0.15) is 38.9 Å². The van der Waals surface area contributed by atoms with Crippen LogP contribution in [0.3, 0.4) is 0 Å². The fraction of sp³-hybridized carbons (Fsp3) is 0.0455. The van der Waals surface area contributed by atoms with Crippen molar-refractivity contribution in [3.63, 3.8) is 0 Å². The minimum Gasteiger partial charge on any atom is -0.364 e. The minimum absolute atomic E-state index is 0.0829. The van der Waals surface area contributed by atoms with E-state index >= 15 is 0 Å². The molecule has 31 heavy (non-hydrogen) atoms. The normalized spacial score (nSPS) is 12.2. The summed E-state index contributed by atoms with van der Waals surface area (Å²) in [7, 11) is 0. The van der Waals surface area contributed by atoms with E-state index in [0.29, 0.717) is 5.56 Å². The molecule has 2 aromatic heterocycles. The summed E-state index contributed by atoms with van der Waals surface area (Å²) in [5, 5.41) is 0. The first-order valence-corrected chi connectivity index (χ1v) is 10.0. The van der Waals surface area contributed by atoms with Gasteiger partial charge in [-0.1, -0.05) is 0 Å². The Kier molecular flexibility index (Phi) is 5.69. The minimum atomic E-state index is -2.23. The van der Waals surface area contributed by atoms with Crippen LogP contribution in [0.25, 0.3) is 0 Å². The summed E-state index contributed by atoms with van der Waals surface area (Å²) in [5.74, 6) is -11.9. The molecule has 0 bridgehead atoms. The van der Waals surface area contributed by atoms with Gasteiger partial charge in [-0.05, 0) is 71.1 Å². The molecule has 0 radical (unpaired) electrons. The van der Waals surface area contributed by atoms with Gasteiger partial charge < -0.3 is 9.97 Å². The van der Waals surface area contributed by atoms with Gasteiger partial charge in [-0.2, -0.15) is 0 Å². The highest BCUT2D eigenvalue weighted by Gasteiger charge is 2.33. The molecule has 0 aliphatic rings. The van der Waals surface area contributed by atoms with Crippen LogP contribution < -0.4 is 0 Å². The number of rotatable bonds is 5. The molecule has 1 atom stereocenters. The lowest BCUT2D eigenvalue weighted by Gasteiger charge is -2.18. The molecule has 3 nitrogen and oxygen atoms in total. The number of aromatic nitrogens is 2.